The van der Waals surface area contributed by atoms with E-state index in [-0.39, 0.29) is 11.2 Å². The summed E-state index contributed by atoms with van der Waals surface area (Å²) in [4.78, 5) is 0. The highest BCUT2D eigenvalue weighted by Crippen LogP contribution is 2.59. The summed E-state index contributed by atoms with van der Waals surface area (Å²) in [6, 6.07) is 3.22. The molecule has 20 heavy (non-hydrogen) atoms. The molecule has 2 N–H and O–H groups in total. The monoisotopic (exact) mass is 275 g/mol. The van der Waals surface area contributed by atoms with Crippen molar-refractivity contribution in [2.45, 2.75) is 70.6 Å². The smallest absolute Gasteiger partial charge is 0.125 e. The van der Waals surface area contributed by atoms with Crippen LogP contribution in [0.2, 0.25) is 0 Å². The molecule has 1 aromatic rings. The first-order valence-corrected chi connectivity index (χ1v) is 7.90. The lowest BCUT2D eigenvalue weighted by Crippen LogP contribution is -2.22. The summed E-state index contributed by atoms with van der Waals surface area (Å²) in [6.45, 7) is 6.52. The molecule has 0 radical (unpaired) electrons. The van der Waals surface area contributed by atoms with Crippen LogP contribution in [0.3, 0.4) is 0 Å². The van der Waals surface area contributed by atoms with Crippen molar-refractivity contribution in [2.75, 3.05) is 5.73 Å². The summed E-state index contributed by atoms with van der Waals surface area (Å²) < 4.78 is 13.8. The zero-order valence-electron chi connectivity index (χ0n) is 12.9. The van der Waals surface area contributed by atoms with Crippen LogP contribution in [0.15, 0.2) is 12.1 Å². The predicted octanol–water partition coefficient (Wildman–Crippen LogP) is 5.14. The molecule has 0 amide bonds. The van der Waals surface area contributed by atoms with Crippen LogP contribution in [0.1, 0.15) is 76.3 Å². The van der Waals surface area contributed by atoms with Gasteiger partial charge in [-0.25, -0.2) is 4.39 Å². The first-order valence-electron chi connectivity index (χ1n) is 7.90. The second-order valence-corrected chi connectivity index (χ2v) is 7.98. The Balaban J connectivity index is 1.95. The zero-order valence-corrected chi connectivity index (χ0v) is 12.9. The first-order chi connectivity index (χ1) is 9.31. The van der Waals surface area contributed by atoms with E-state index in [9.17, 15) is 4.39 Å². The summed E-state index contributed by atoms with van der Waals surface area (Å²) >= 11 is 0. The minimum atomic E-state index is -0.183. The number of hydrogen-bond acceptors (Lipinski definition) is 1. The molecule has 1 aromatic carbocycles. The fraction of sp³-hybridized carbons (Fsp3) is 0.667. The van der Waals surface area contributed by atoms with Crippen LogP contribution in [0, 0.1) is 11.2 Å². The molecule has 3 rings (SSSR count). The highest BCUT2D eigenvalue weighted by Gasteiger charge is 2.45. The van der Waals surface area contributed by atoms with Gasteiger partial charge < -0.3 is 5.73 Å². The van der Waals surface area contributed by atoms with Crippen molar-refractivity contribution in [2.24, 2.45) is 5.41 Å². The summed E-state index contributed by atoms with van der Waals surface area (Å²) in [5.41, 5.74) is 9.75. The molecule has 0 heterocycles. The lowest BCUT2D eigenvalue weighted by molar-refractivity contribution is 0.303. The fourth-order valence-corrected chi connectivity index (χ4v) is 4.06. The summed E-state index contributed by atoms with van der Waals surface area (Å²) in [6.07, 6.45) is 7.86. The Bertz CT molecular complexity index is 513. The summed E-state index contributed by atoms with van der Waals surface area (Å²) in [5, 5.41) is 0. The van der Waals surface area contributed by atoms with Gasteiger partial charge in [-0.3, -0.25) is 0 Å². The van der Waals surface area contributed by atoms with Crippen LogP contribution in [0.25, 0.3) is 0 Å². The maximum absolute atomic E-state index is 13.8. The Morgan fingerprint density at radius 2 is 1.70 bits per heavy atom. The molecule has 0 aromatic heterocycles. The molecule has 2 aliphatic carbocycles. The molecule has 1 spiro atoms. The van der Waals surface area contributed by atoms with Crippen molar-refractivity contribution in [3.8, 4) is 0 Å². The molecule has 0 saturated heterocycles. The van der Waals surface area contributed by atoms with Crippen LogP contribution >= 0.6 is 0 Å². The highest BCUT2D eigenvalue weighted by molar-refractivity contribution is 5.56. The molecule has 0 atom stereocenters. The number of benzene rings is 1. The van der Waals surface area contributed by atoms with Crippen LogP contribution < -0.4 is 5.73 Å². The number of anilines is 1. The summed E-state index contributed by atoms with van der Waals surface area (Å²) in [7, 11) is 0. The van der Waals surface area contributed by atoms with Gasteiger partial charge in [0.1, 0.15) is 5.82 Å². The lowest BCUT2D eigenvalue weighted by atomic mass is 9.72. The molecule has 2 fully saturated rings. The van der Waals surface area contributed by atoms with E-state index in [0.717, 1.165) is 5.56 Å². The van der Waals surface area contributed by atoms with Gasteiger partial charge in [-0.2, -0.15) is 0 Å². The summed E-state index contributed by atoms with van der Waals surface area (Å²) in [5.74, 6) is 0.311. The van der Waals surface area contributed by atoms with Crippen LogP contribution in [-0.4, -0.2) is 0 Å². The maximum Gasteiger partial charge on any atom is 0.125 e. The molecule has 0 unspecified atom stereocenters. The van der Waals surface area contributed by atoms with E-state index in [1.54, 1.807) is 6.07 Å². The van der Waals surface area contributed by atoms with Gasteiger partial charge in [0.05, 0.1) is 0 Å². The van der Waals surface area contributed by atoms with Crippen molar-refractivity contribution in [1.82, 2.24) is 0 Å². The lowest BCUT2D eigenvalue weighted by Gasteiger charge is -2.33. The van der Waals surface area contributed by atoms with Crippen LogP contribution in [0.5, 0.6) is 0 Å². The maximum atomic E-state index is 13.8. The third-order valence-corrected chi connectivity index (χ3v) is 5.36. The molecule has 2 aliphatic rings. The Hall–Kier alpha value is -1.05. The van der Waals surface area contributed by atoms with E-state index >= 15 is 0 Å². The van der Waals surface area contributed by atoms with Crippen molar-refractivity contribution in [3.05, 3.63) is 29.1 Å². The third kappa shape index (κ3) is 2.45. The number of nitrogen functional groups attached to an aromatic ring is 1. The second-order valence-electron chi connectivity index (χ2n) is 7.98. The molecular weight excluding hydrogens is 249 g/mol. The second kappa shape index (κ2) is 4.47. The molecule has 2 saturated carbocycles. The van der Waals surface area contributed by atoms with Gasteiger partial charge in [-0.1, -0.05) is 20.8 Å². The normalized spacial score (nSPS) is 22.2. The average Bonchev–Trinajstić information content (AvgIpc) is 3.06. The molecule has 110 valence electrons. The van der Waals surface area contributed by atoms with Crippen LogP contribution in [0.4, 0.5) is 10.1 Å². The number of rotatable bonds is 1. The van der Waals surface area contributed by atoms with Gasteiger partial charge in [-0.15, -0.1) is 0 Å². The molecule has 2 heteroatoms. The van der Waals surface area contributed by atoms with E-state index in [4.69, 9.17) is 5.73 Å². The van der Waals surface area contributed by atoms with E-state index < -0.39 is 0 Å². The number of halogens is 1. The van der Waals surface area contributed by atoms with Gasteiger partial charge in [-0.05, 0) is 78.5 Å². The Morgan fingerprint density at radius 3 is 2.20 bits per heavy atom. The predicted molar refractivity (Wildman–Crippen MR) is 82.4 cm³/mol. The standard InChI is InChI=1S/C18H26FN/c1-17(2,3)16-14(10-13(19)11-15(16)20)12-4-6-18(7-5-12)8-9-18/h10-12H,4-9,20H2,1-3H3. The van der Waals surface area contributed by atoms with E-state index in [1.807, 2.05) is 0 Å². The van der Waals surface area contributed by atoms with Crippen molar-refractivity contribution in [3.63, 3.8) is 0 Å². The molecule has 1 nitrogen and oxygen atoms in total. The SMILES string of the molecule is CC(C)(C)c1c(N)cc(F)cc1C1CCC2(CC1)CC2. The van der Waals surface area contributed by atoms with Gasteiger partial charge in [0.25, 0.3) is 0 Å². The average molecular weight is 275 g/mol. The van der Waals surface area contributed by atoms with E-state index in [1.165, 1.54) is 50.2 Å². The van der Waals surface area contributed by atoms with Gasteiger partial charge in [0.15, 0.2) is 0 Å². The molecular formula is C18H26FN. The first kappa shape index (κ1) is 13.9. The Kier molecular flexibility index (Phi) is 3.11. The Morgan fingerprint density at radius 1 is 1.10 bits per heavy atom. The van der Waals surface area contributed by atoms with Crippen molar-refractivity contribution in [1.29, 1.82) is 0 Å². The van der Waals surface area contributed by atoms with E-state index in [2.05, 4.69) is 20.8 Å². The van der Waals surface area contributed by atoms with Gasteiger partial charge in [0, 0.05) is 5.69 Å². The highest BCUT2D eigenvalue weighted by atomic mass is 19.1. The number of hydrogen-bond donors (Lipinski definition) is 1. The quantitative estimate of drug-likeness (QED) is 0.705. The topological polar surface area (TPSA) is 26.0 Å². The minimum Gasteiger partial charge on any atom is -0.398 e. The van der Waals surface area contributed by atoms with Gasteiger partial charge >= 0.3 is 0 Å². The van der Waals surface area contributed by atoms with E-state index in [0.29, 0.717) is 17.0 Å². The molecule has 0 aliphatic heterocycles. The molecule has 0 bridgehead atoms. The van der Waals surface area contributed by atoms with Gasteiger partial charge in [0.2, 0.25) is 0 Å². The Labute approximate surface area is 121 Å². The minimum absolute atomic E-state index is 0.0260. The third-order valence-electron chi connectivity index (χ3n) is 5.36. The van der Waals surface area contributed by atoms with Crippen molar-refractivity contribution >= 4 is 5.69 Å². The van der Waals surface area contributed by atoms with Crippen LogP contribution in [-0.2, 0) is 5.41 Å². The zero-order chi connectivity index (χ0) is 14.5. The number of nitrogens with two attached hydrogens (primary N) is 1. The fourth-order valence-electron chi connectivity index (χ4n) is 4.06. The van der Waals surface area contributed by atoms with Crippen molar-refractivity contribution < 1.29 is 4.39 Å². The largest absolute Gasteiger partial charge is 0.398 e.